The normalized spacial score (nSPS) is 22.5. The first-order chi connectivity index (χ1) is 11.3. The Balaban J connectivity index is 2.06. The molecule has 0 amide bonds. The number of nitrogens with one attached hydrogen (secondary N) is 2. The van der Waals surface area contributed by atoms with Crippen LogP contribution in [0.25, 0.3) is 0 Å². The van der Waals surface area contributed by atoms with E-state index in [2.05, 4.69) is 20.7 Å². The van der Waals surface area contributed by atoms with Crippen LogP contribution in [0.4, 0.5) is 13.2 Å². The lowest BCUT2D eigenvalue weighted by Gasteiger charge is -2.27. The fourth-order valence-electron chi connectivity index (χ4n) is 2.79. The maximum Gasteiger partial charge on any atom is 0.435 e. The highest BCUT2D eigenvalue weighted by Crippen LogP contribution is 2.30. The van der Waals surface area contributed by atoms with E-state index in [-0.39, 0.29) is 24.3 Å². The molecule has 2 rings (SSSR count). The molecule has 1 aliphatic carbocycles. The van der Waals surface area contributed by atoms with Gasteiger partial charge in [-0.25, -0.2) is 4.99 Å². The third-order valence-corrected chi connectivity index (χ3v) is 3.96. The number of rotatable bonds is 4. The van der Waals surface area contributed by atoms with Crippen molar-refractivity contribution in [2.24, 2.45) is 12.0 Å². The van der Waals surface area contributed by atoms with Crippen molar-refractivity contribution in [3.05, 3.63) is 17.5 Å². The number of halogens is 3. The van der Waals surface area contributed by atoms with Crippen LogP contribution >= 0.6 is 0 Å². The first-order valence-corrected chi connectivity index (χ1v) is 8.12. The van der Waals surface area contributed by atoms with Crippen molar-refractivity contribution in [2.45, 2.75) is 57.5 Å². The Bertz CT molecular complexity index is 562. The highest BCUT2D eigenvalue weighted by molar-refractivity contribution is 5.80. The molecule has 1 saturated carbocycles. The molecule has 9 heteroatoms. The van der Waals surface area contributed by atoms with E-state index in [1.165, 1.54) is 13.2 Å². The van der Waals surface area contributed by atoms with Gasteiger partial charge in [-0.1, -0.05) is 0 Å². The zero-order valence-electron chi connectivity index (χ0n) is 13.9. The molecule has 0 bridgehead atoms. The van der Waals surface area contributed by atoms with Crippen LogP contribution in [-0.4, -0.2) is 39.5 Å². The molecular weight excluding hydrogens is 323 g/mol. The van der Waals surface area contributed by atoms with E-state index in [4.69, 9.17) is 0 Å². The van der Waals surface area contributed by atoms with Gasteiger partial charge in [0.2, 0.25) is 0 Å². The molecule has 0 aromatic carbocycles. The summed E-state index contributed by atoms with van der Waals surface area (Å²) in [4.78, 5) is 4.26. The molecule has 1 aromatic rings. The van der Waals surface area contributed by atoms with Gasteiger partial charge in [-0.2, -0.15) is 18.3 Å². The Morgan fingerprint density at radius 1 is 1.38 bits per heavy atom. The molecule has 0 aliphatic heterocycles. The molecule has 24 heavy (non-hydrogen) atoms. The van der Waals surface area contributed by atoms with Crippen LogP contribution in [0.3, 0.4) is 0 Å². The maximum atomic E-state index is 13.0. The molecule has 136 valence electrons. The average molecular weight is 347 g/mol. The second-order valence-corrected chi connectivity index (χ2v) is 6.02. The Labute approximate surface area is 139 Å². The van der Waals surface area contributed by atoms with Crippen LogP contribution in [0.15, 0.2) is 11.2 Å². The third kappa shape index (κ3) is 5.12. The summed E-state index contributed by atoms with van der Waals surface area (Å²) in [6.07, 6.45) is -0.342. The number of guanidine groups is 1. The topological polar surface area (TPSA) is 74.5 Å². The standard InChI is InChI=1S/C15H24F3N5O/c1-3-19-14(21-11-4-6-12(24)7-5-11)20-8-10-9-23(2)22-13(10)15(16,17)18/h9,11-12,24H,3-8H2,1-2H3,(H2,19,20,21). The number of aliphatic imine (C=N–C) groups is 1. The van der Waals surface area contributed by atoms with E-state index in [1.54, 1.807) is 0 Å². The lowest BCUT2D eigenvalue weighted by atomic mass is 9.93. The van der Waals surface area contributed by atoms with Crippen LogP contribution in [-0.2, 0) is 19.8 Å². The zero-order valence-corrected chi connectivity index (χ0v) is 13.9. The second kappa shape index (κ2) is 7.87. The SMILES string of the molecule is CCNC(=NCc1cn(C)nc1C(F)(F)F)NC1CCC(O)CC1. The first kappa shape index (κ1) is 18.6. The van der Waals surface area contributed by atoms with Gasteiger partial charge in [0.05, 0.1) is 12.6 Å². The summed E-state index contributed by atoms with van der Waals surface area (Å²) in [6, 6.07) is 0.169. The summed E-state index contributed by atoms with van der Waals surface area (Å²) in [7, 11) is 1.46. The van der Waals surface area contributed by atoms with Gasteiger partial charge in [0, 0.05) is 31.4 Å². The molecule has 1 aromatic heterocycles. The van der Waals surface area contributed by atoms with Crippen LogP contribution in [0.2, 0.25) is 0 Å². The number of aromatic nitrogens is 2. The summed E-state index contributed by atoms with van der Waals surface area (Å²) >= 11 is 0. The smallest absolute Gasteiger partial charge is 0.393 e. The fraction of sp³-hybridized carbons (Fsp3) is 0.733. The van der Waals surface area contributed by atoms with Crippen molar-refractivity contribution in [3.63, 3.8) is 0 Å². The van der Waals surface area contributed by atoms with E-state index in [1.807, 2.05) is 6.92 Å². The van der Waals surface area contributed by atoms with Crippen LogP contribution in [0.5, 0.6) is 0 Å². The molecule has 1 fully saturated rings. The summed E-state index contributed by atoms with van der Waals surface area (Å²) in [5, 5.41) is 19.3. The van der Waals surface area contributed by atoms with Gasteiger partial charge in [-0.15, -0.1) is 0 Å². The van der Waals surface area contributed by atoms with Crippen LogP contribution in [0, 0.1) is 0 Å². The molecule has 0 radical (unpaired) electrons. The minimum absolute atomic E-state index is 0.0428. The minimum atomic E-state index is -4.49. The van der Waals surface area contributed by atoms with Gasteiger partial charge < -0.3 is 15.7 Å². The monoisotopic (exact) mass is 347 g/mol. The molecule has 1 heterocycles. The molecule has 0 atom stereocenters. The van der Waals surface area contributed by atoms with E-state index in [0.717, 1.165) is 30.4 Å². The number of hydrogen-bond donors (Lipinski definition) is 3. The maximum absolute atomic E-state index is 13.0. The quantitative estimate of drug-likeness (QED) is 0.574. The number of aliphatic hydroxyl groups excluding tert-OH is 1. The lowest BCUT2D eigenvalue weighted by Crippen LogP contribution is -2.45. The van der Waals surface area contributed by atoms with Crippen molar-refractivity contribution in [1.29, 1.82) is 0 Å². The van der Waals surface area contributed by atoms with Gasteiger partial charge >= 0.3 is 6.18 Å². The number of aliphatic hydroxyl groups is 1. The summed E-state index contributed by atoms with van der Waals surface area (Å²) in [5.74, 6) is 0.482. The summed E-state index contributed by atoms with van der Waals surface area (Å²) in [6.45, 7) is 2.40. The van der Waals surface area contributed by atoms with E-state index >= 15 is 0 Å². The van der Waals surface area contributed by atoms with E-state index in [0.29, 0.717) is 12.5 Å². The second-order valence-electron chi connectivity index (χ2n) is 6.02. The predicted molar refractivity (Wildman–Crippen MR) is 84.4 cm³/mol. The van der Waals surface area contributed by atoms with Gasteiger partial charge in [0.1, 0.15) is 0 Å². The van der Waals surface area contributed by atoms with Crippen molar-refractivity contribution in [1.82, 2.24) is 20.4 Å². The average Bonchev–Trinajstić information content (AvgIpc) is 2.88. The largest absolute Gasteiger partial charge is 0.435 e. The Kier molecular flexibility index (Phi) is 6.09. The predicted octanol–water partition coefficient (Wildman–Crippen LogP) is 1.80. The van der Waals surface area contributed by atoms with E-state index in [9.17, 15) is 18.3 Å². The molecule has 0 spiro atoms. The fourth-order valence-corrected chi connectivity index (χ4v) is 2.79. The van der Waals surface area contributed by atoms with Gasteiger partial charge in [0.15, 0.2) is 11.7 Å². The van der Waals surface area contributed by atoms with Gasteiger partial charge in [-0.3, -0.25) is 4.68 Å². The number of nitrogens with zero attached hydrogens (tertiary/aromatic N) is 3. The highest BCUT2D eigenvalue weighted by atomic mass is 19.4. The first-order valence-electron chi connectivity index (χ1n) is 8.12. The Morgan fingerprint density at radius 3 is 2.62 bits per heavy atom. The number of hydrogen-bond acceptors (Lipinski definition) is 3. The highest BCUT2D eigenvalue weighted by Gasteiger charge is 2.36. The molecule has 1 aliphatic rings. The molecule has 0 saturated heterocycles. The van der Waals surface area contributed by atoms with Crippen molar-refractivity contribution < 1.29 is 18.3 Å². The van der Waals surface area contributed by atoms with Gasteiger partial charge in [0.25, 0.3) is 0 Å². The minimum Gasteiger partial charge on any atom is -0.393 e. The van der Waals surface area contributed by atoms with Gasteiger partial charge in [-0.05, 0) is 32.6 Å². The van der Waals surface area contributed by atoms with Crippen LogP contribution < -0.4 is 10.6 Å². The van der Waals surface area contributed by atoms with E-state index < -0.39 is 11.9 Å². The Hall–Kier alpha value is -1.77. The summed E-state index contributed by atoms with van der Waals surface area (Å²) in [5.41, 5.74) is -0.855. The van der Waals surface area contributed by atoms with Crippen molar-refractivity contribution in [3.8, 4) is 0 Å². The Morgan fingerprint density at radius 2 is 2.04 bits per heavy atom. The molecule has 3 N–H and O–H groups in total. The summed E-state index contributed by atoms with van der Waals surface area (Å²) < 4.78 is 40.0. The third-order valence-electron chi connectivity index (χ3n) is 3.96. The van der Waals surface area contributed by atoms with Crippen molar-refractivity contribution >= 4 is 5.96 Å². The lowest BCUT2D eigenvalue weighted by molar-refractivity contribution is -0.142. The van der Waals surface area contributed by atoms with Crippen molar-refractivity contribution in [2.75, 3.05) is 6.54 Å². The molecule has 0 unspecified atom stereocenters. The van der Waals surface area contributed by atoms with Crippen LogP contribution in [0.1, 0.15) is 43.9 Å². The molecular formula is C15H24F3N5O. The molecule has 6 nitrogen and oxygen atoms in total. The number of alkyl halides is 3. The number of aryl methyl sites for hydroxylation is 1. The zero-order chi connectivity index (χ0) is 17.7.